The van der Waals surface area contributed by atoms with Crippen LogP contribution >= 0.6 is 0 Å². The summed E-state index contributed by atoms with van der Waals surface area (Å²) in [5.41, 5.74) is 0. The third-order valence-electron chi connectivity index (χ3n) is 3.79. The van der Waals surface area contributed by atoms with Crippen LogP contribution in [0.3, 0.4) is 0 Å². The summed E-state index contributed by atoms with van der Waals surface area (Å²) < 4.78 is 5.78. The van der Waals surface area contributed by atoms with Gasteiger partial charge in [0.25, 0.3) is 0 Å². The lowest BCUT2D eigenvalue weighted by Crippen LogP contribution is -2.26. The van der Waals surface area contributed by atoms with Crippen LogP contribution in [0.4, 0.5) is 0 Å². The monoisotopic (exact) mass is 296 g/mol. The van der Waals surface area contributed by atoms with Crippen LogP contribution in [0, 0.1) is 0 Å². The highest BCUT2D eigenvalue weighted by Gasteiger charge is 2.18. The standard InChI is InChI=1S/C18H36OSi/c1-5-7-8-9-10-11-12-13-14-15-16-17-18-19-20(3,4)6-2/h15-18H,5-14H2,1-4H3. The Morgan fingerprint density at radius 3 is 2.00 bits per heavy atom. The van der Waals surface area contributed by atoms with Crippen molar-refractivity contribution < 1.29 is 4.43 Å². The highest BCUT2D eigenvalue weighted by Crippen LogP contribution is 2.11. The number of unbranched alkanes of at least 4 members (excludes halogenated alkanes) is 8. The summed E-state index contributed by atoms with van der Waals surface area (Å²) in [5.74, 6) is 0. The molecule has 0 aromatic heterocycles. The van der Waals surface area contributed by atoms with E-state index in [9.17, 15) is 0 Å². The minimum Gasteiger partial charge on any atom is -0.549 e. The molecule has 0 heterocycles. The first kappa shape index (κ1) is 19.5. The smallest absolute Gasteiger partial charge is 0.244 e. The van der Waals surface area contributed by atoms with E-state index in [1.165, 1.54) is 63.8 Å². The highest BCUT2D eigenvalue weighted by molar-refractivity contribution is 6.71. The maximum Gasteiger partial charge on any atom is 0.244 e. The topological polar surface area (TPSA) is 9.23 Å². The summed E-state index contributed by atoms with van der Waals surface area (Å²) in [6.07, 6.45) is 20.7. The molecule has 0 aliphatic heterocycles. The summed E-state index contributed by atoms with van der Waals surface area (Å²) in [7, 11) is -1.40. The third kappa shape index (κ3) is 13.9. The molecular formula is C18H36OSi. The van der Waals surface area contributed by atoms with Crippen LogP contribution < -0.4 is 0 Å². The fourth-order valence-electron chi connectivity index (χ4n) is 1.92. The van der Waals surface area contributed by atoms with Gasteiger partial charge in [0.05, 0.1) is 6.26 Å². The average Bonchev–Trinajstić information content (AvgIpc) is 2.44. The molecule has 20 heavy (non-hydrogen) atoms. The Morgan fingerprint density at radius 1 is 0.800 bits per heavy atom. The maximum absolute atomic E-state index is 5.78. The molecule has 2 heteroatoms. The van der Waals surface area contributed by atoms with Crippen molar-refractivity contribution in [3.63, 3.8) is 0 Å². The lowest BCUT2D eigenvalue weighted by molar-refractivity contribution is 0.472. The van der Waals surface area contributed by atoms with E-state index in [2.05, 4.69) is 39.1 Å². The zero-order valence-corrected chi connectivity index (χ0v) is 15.3. The molecule has 1 nitrogen and oxygen atoms in total. The van der Waals surface area contributed by atoms with Crippen LogP contribution in [-0.2, 0) is 4.43 Å². The molecule has 0 bridgehead atoms. The second kappa shape index (κ2) is 13.5. The molecule has 0 N–H and O–H groups in total. The van der Waals surface area contributed by atoms with Crippen LogP contribution in [-0.4, -0.2) is 8.32 Å². The number of hydrogen-bond donors (Lipinski definition) is 0. The maximum atomic E-state index is 5.78. The summed E-state index contributed by atoms with van der Waals surface area (Å²) in [6.45, 7) is 8.98. The van der Waals surface area contributed by atoms with Crippen LogP contribution in [0.2, 0.25) is 19.1 Å². The Bertz CT molecular complexity index is 256. The Morgan fingerprint density at radius 2 is 1.40 bits per heavy atom. The van der Waals surface area contributed by atoms with Gasteiger partial charge in [-0.05, 0) is 38.1 Å². The van der Waals surface area contributed by atoms with Crippen LogP contribution in [0.1, 0.15) is 71.6 Å². The molecule has 0 aliphatic rings. The van der Waals surface area contributed by atoms with Gasteiger partial charge in [0, 0.05) is 0 Å². The van der Waals surface area contributed by atoms with Gasteiger partial charge in [-0.3, -0.25) is 0 Å². The first-order chi connectivity index (χ1) is 9.62. The fourth-order valence-corrected chi connectivity index (χ4v) is 2.54. The predicted octanol–water partition coefficient (Wildman–Crippen LogP) is 6.83. The average molecular weight is 297 g/mol. The van der Waals surface area contributed by atoms with Crippen molar-refractivity contribution in [2.24, 2.45) is 0 Å². The SMILES string of the molecule is CCCCCCCCCCC=CC=CO[Si](C)(C)CC. The molecule has 0 atom stereocenters. The van der Waals surface area contributed by atoms with Crippen LogP contribution in [0.15, 0.2) is 24.5 Å². The lowest BCUT2D eigenvalue weighted by atomic mass is 10.1. The van der Waals surface area contributed by atoms with Crippen molar-refractivity contribution in [2.75, 3.05) is 0 Å². The van der Waals surface area contributed by atoms with Crippen molar-refractivity contribution in [3.05, 3.63) is 24.5 Å². The molecule has 0 radical (unpaired) electrons. The van der Waals surface area contributed by atoms with E-state index in [4.69, 9.17) is 4.43 Å². The molecule has 118 valence electrons. The Hall–Kier alpha value is -0.503. The van der Waals surface area contributed by atoms with Crippen LogP contribution in [0.25, 0.3) is 0 Å². The van der Waals surface area contributed by atoms with Crippen molar-refractivity contribution in [1.29, 1.82) is 0 Å². The predicted molar refractivity (Wildman–Crippen MR) is 94.6 cm³/mol. The van der Waals surface area contributed by atoms with E-state index in [0.29, 0.717) is 0 Å². The van der Waals surface area contributed by atoms with Gasteiger partial charge in [-0.2, -0.15) is 0 Å². The van der Waals surface area contributed by atoms with Gasteiger partial charge in [0.15, 0.2) is 0 Å². The molecule has 0 saturated carbocycles. The summed E-state index contributed by atoms with van der Waals surface area (Å²) in [4.78, 5) is 0. The van der Waals surface area contributed by atoms with E-state index in [1.54, 1.807) is 0 Å². The molecule has 0 amide bonds. The van der Waals surface area contributed by atoms with Gasteiger partial charge < -0.3 is 4.43 Å². The summed E-state index contributed by atoms with van der Waals surface area (Å²) >= 11 is 0. The second-order valence-corrected chi connectivity index (χ2v) is 10.7. The fraction of sp³-hybridized carbons (Fsp3) is 0.778. The van der Waals surface area contributed by atoms with E-state index in [0.717, 1.165) is 0 Å². The van der Waals surface area contributed by atoms with Gasteiger partial charge >= 0.3 is 0 Å². The van der Waals surface area contributed by atoms with E-state index < -0.39 is 8.32 Å². The van der Waals surface area contributed by atoms with Gasteiger partial charge in [-0.25, -0.2) is 0 Å². The molecule has 0 aromatic carbocycles. The lowest BCUT2D eigenvalue weighted by Gasteiger charge is -2.18. The Labute approximate surface area is 128 Å². The molecule has 0 aliphatic carbocycles. The number of hydrogen-bond acceptors (Lipinski definition) is 1. The normalized spacial score (nSPS) is 12.6. The first-order valence-corrected chi connectivity index (χ1v) is 11.7. The Kier molecular flexibility index (Phi) is 13.1. The molecule has 0 spiro atoms. The quantitative estimate of drug-likeness (QED) is 0.157. The largest absolute Gasteiger partial charge is 0.549 e. The van der Waals surface area contributed by atoms with Crippen molar-refractivity contribution in [2.45, 2.75) is 90.8 Å². The van der Waals surface area contributed by atoms with Gasteiger partial charge in [0.1, 0.15) is 0 Å². The molecule has 0 saturated heterocycles. The zero-order valence-electron chi connectivity index (χ0n) is 14.3. The number of allylic oxidation sites excluding steroid dienone is 3. The van der Waals surface area contributed by atoms with Crippen molar-refractivity contribution >= 4 is 8.32 Å². The van der Waals surface area contributed by atoms with Crippen molar-refractivity contribution in [1.82, 2.24) is 0 Å². The zero-order chi connectivity index (χ0) is 15.1. The van der Waals surface area contributed by atoms with Gasteiger partial charge in [-0.15, -0.1) is 0 Å². The van der Waals surface area contributed by atoms with Gasteiger partial charge in [0.2, 0.25) is 8.32 Å². The molecular weight excluding hydrogens is 260 g/mol. The molecule has 0 rings (SSSR count). The van der Waals surface area contributed by atoms with Crippen molar-refractivity contribution in [3.8, 4) is 0 Å². The van der Waals surface area contributed by atoms with E-state index >= 15 is 0 Å². The third-order valence-corrected chi connectivity index (χ3v) is 6.27. The van der Waals surface area contributed by atoms with E-state index in [-0.39, 0.29) is 0 Å². The Balaban J connectivity index is 3.34. The second-order valence-electron chi connectivity index (χ2n) is 6.25. The summed E-state index contributed by atoms with van der Waals surface area (Å²) in [6, 6.07) is 1.17. The summed E-state index contributed by atoms with van der Waals surface area (Å²) in [5, 5.41) is 0. The van der Waals surface area contributed by atoms with E-state index in [1.807, 2.05) is 12.3 Å². The number of rotatable bonds is 13. The highest BCUT2D eigenvalue weighted by atomic mass is 28.4. The first-order valence-electron chi connectivity index (χ1n) is 8.62. The molecule has 0 fully saturated rings. The minimum atomic E-state index is -1.40. The van der Waals surface area contributed by atoms with Gasteiger partial charge in [-0.1, -0.05) is 70.9 Å². The molecule has 0 unspecified atom stereocenters. The molecule has 0 aromatic rings. The van der Waals surface area contributed by atoms with Crippen LogP contribution in [0.5, 0.6) is 0 Å². The minimum absolute atomic E-state index is 1.17.